The second-order valence-corrected chi connectivity index (χ2v) is 6.35. The lowest BCUT2D eigenvalue weighted by molar-refractivity contribution is 0.498. The van der Waals surface area contributed by atoms with Crippen molar-refractivity contribution in [2.24, 2.45) is 5.73 Å². The number of fused-ring (bicyclic) bond motifs is 1. The first-order chi connectivity index (χ1) is 9.08. The summed E-state index contributed by atoms with van der Waals surface area (Å²) in [6, 6.07) is 13.1. The predicted octanol–water partition coefficient (Wildman–Crippen LogP) is 4.41. The van der Waals surface area contributed by atoms with E-state index in [1.165, 1.54) is 27.8 Å². The van der Waals surface area contributed by atoms with Crippen LogP contribution in [0, 0.1) is 13.8 Å². The van der Waals surface area contributed by atoms with Crippen molar-refractivity contribution in [3.8, 4) is 0 Å². The van der Waals surface area contributed by atoms with Gasteiger partial charge in [0, 0.05) is 16.4 Å². The molecule has 2 aromatic carbocycles. The molecule has 0 saturated carbocycles. The number of aryl methyl sites for hydroxylation is 2. The predicted molar refractivity (Wildman–Crippen MR) is 83.4 cm³/mol. The maximum atomic E-state index is 6.52. The molecule has 3 rings (SSSR count). The molecule has 0 saturated heterocycles. The van der Waals surface area contributed by atoms with Crippen LogP contribution in [0.25, 0.3) is 0 Å². The van der Waals surface area contributed by atoms with Crippen LogP contribution in [-0.2, 0) is 6.42 Å². The molecule has 0 bridgehead atoms. The Kier molecular flexibility index (Phi) is 3.23. The van der Waals surface area contributed by atoms with E-state index in [2.05, 4.69) is 66.2 Å². The second kappa shape index (κ2) is 4.77. The van der Waals surface area contributed by atoms with Gasteiger partial charge in [0.15, 0.2) is 0 Å². The summed E-state index contributed by atoms with van der Waals surface area (Å²) in [7, 11) is 0. The van der Waals surface area contributed by atoms with E-state index in [-0.39, 0.29) is 6.04 Å². The van der Waals surface area contributed by atoms with Crippen LogP contribution in [0.5, 0.6) is 0 Å². The fraction of sp³-hybridized carbons (Fsp3) is 0.294. The van der Waals surface area contributed by atoms with Crippen LogP contribution in [0.4, 0.5) is 0 Å². The standard InChI is InChI=1S/C17H18BrN/c1-10-8-16(18)11(2)7-14(10)17(19)15-9-12-5-3-4-6-13(12)15/h3-8,15,17H,9,19H2,1-2H3. The lowest BCUT2D eigenvalue weighted by atomic mass is 9.71. The molecule has 1 aliphatic carbocycles. The van der Waals surface area contributed by atoms with Crippen LogP contribution in [0.1, 0.15) is 39.8 Å². The van der Waals surface area contributed by atoms with Gasteiger partial charge in [-0.25, -0.2) is 0 Å². The maximum absolute atomic E-state index is 6.52. The van der Waals surface area contributed by atoms with Crippen molar-refractivity contribution in [3.05, 3.63) is 68.7 Å². The molecule has 2 unspecified atom stereocenters. The fourth-order valence-electron chi connectivity index (χ4n) is 3.00. The van der Waals surface area contributed by atoms with E-state index in [0.717, 1.165) is 10.9 Å². The number of nitrogens with two attached hydrogens (primary N) is 1. The summed E-state index contributed by atoms with van der Waals surface area (Å²) in [5.74, 6) is 0.468. The highest BCUT2D eigenvalue weighted by Crippen LogP contribution is 2.43. The minimum Gasteiger partial charge on any atom is -0.323 e. The molecule has 0 radical (unpaired) electrons. The molecule has 1 nitrogen and oxygen atoms in total. The largest absolute Gasteiger partial charge is 0.323 e. The molecule has 1 aliphatic rings. The van der Waals surface area contributed by atoms with Gasteiger partial charge < -0.3 is 5.73 Å². The lowest BCUT2D eigenvalue weighted by Crippen LogP contribution is -2.29. The second-order valence-electron chi connectivity index (χ2n) is 5.49. The number of benzene rings is 2. The molecular formula is C17H18BrN. The van der Waals surface area contributed by atoms with Crippen molar-refractivity contribution in [2.75, 3.05) is 0 Å². The van der Waals surface area contributed by atoms with Gasteiger partial charge in [0.2, 0.25) is 0 Å². The van der Waals surface area contributed by atoms with Gasteiger partial charge >= 0.3 is 0 Å². The van der Waals surface area contributed by atoms with E-state index in [4.69, 9.17) is 5.73 Å². The van der Waals surface area contributed by atoms with E-state index in [0.29, 0.717) is 5.92 Å². The number of rotatable bonds is 2. The highest BCUT2D eigenvalue weighted by molar-refractivity contribution is 9.10. The van der Waals surface area contributed by atoms with E-state index in [1.807, 2.05) is 0 Å². The Balaban J connectivity index is 1.94. The molecular weight excluding hydrogens is 298 g/mol. The first-order valence-electron chi connectivity index (χ1n) is 6.68. The first-order valence-corrected chi connectivity index (χ1v) is 7.47. The van der Waals surface area contributed by atoms with Gasteiger partial charge in [-0.3, -0.25) is 0 Å². The highest BCUT2D eigenvalue weighted by atomic mass is 79.9. The zero-order valence-corrected chi connectivity index (χ0v) is 12.9. The Bertz CT molecular complexity index is 633. The van der Waals surface area contributed by atoms with Crippen LogP contribution in [0.2, 0.25) is 0 Å². The van der Waals surface area contributed by atoms with Crippen molar-refractivity contribution in [2.45, 2.75) is 32.2 Å². The third kappa shape index (κ3) is 2.13. The van der Waals surface area contributed by atoms with E-state index < -0.39 is 0 Å². The molecule has 2 heteroatoms. The van der Waals surface area contributed by atoms with Crippen molar-refractivity contribution < 1.29 is 0 Å². The normalized spacial score (nSPS) is 18.6. The average Bonchev–Trinajstić information content (AvgIpc) is 2.35. The molecule has 0 amide bonds. The Morgan fingerprint density at radius 3 is 2.63 bits per heavy atom. The van der Waals surface area contributed by atoms with Crippen molar-refractivity contribution in [1.82, 2.24) is 0 Å². The zero-order valence-electron chi connectivity index (χ0n) is 11.3. The summed E-state index contributed by atoms with van der Waals surface area (Å²) in [5, 5.41) is 0. The van der Waals surface area contributed by atoms with E-state index in [9.17, 15) is 0 Å². The van der Waals surface area contributed by atoms with Gasteiger partial charge in [0.05, 0.1) is 0 Å². The quantitative estimate of drug-likeness (QED) is 0.873. The van der Waals surface area contributed by atoms with Crippen LogP contribution in [0.3, 0.4) is 0 Å². The van der Waals surface area contributed by atoms with Gasteiger partial charge in [0.1, 0.15) is 0 Å². The lowest BCUT2D eigenvalue weighted by Gasteiger charge is -2.35. The van der Waals surface area contributed by atoms with Crippen LogP contribution in [-0.4, -0.2) is 0 Å². The summed E-state index contributed by atoms with van der Waals surface area (Å²) in [6.45, 7) is 4.26. The Morgan fingerprint density at radius 2 is 1.89 bits per heavy atom. The summed E-state index contributed by atoms with van der Waals surface area (Å²) >= 11 is 3.58. The molecule has 0 spiro atoms. The first kappa shape index (κ1) is 12.9. The van der Waals surface area contributed by atoms with Gasteiger partial charge in [-0.2, -0.15) is 0 Å². The maximum Gasteiger partial charge on any atom is 0.0370 e. The third-order valence-electron chi connectivity index (χ3n) is 4.23. The van der Waals surface area contributed by atoms with Gasteiger partial charge in [-0.15, -0.1) is 0 Å². The monoisotopic (exact) mass is 315 g/mol. The molecule has 0 fully saturated rings. The minimum atomic E-state index is 0.0988. The SMILES string of the molecule is Cc1cc(C(N)C2Cc3ccccc32)c(C)cc1Br. The smallest absolute Gasteiger partial charge is 0.0370 e. The van der Waals surface area contributed by atoms with Crippen molar-refractivity contribution in [1.29, 1.82) is 0 Å². The molecule has 2 N–H and O–H groups in total. The molecule has 0 aliphatic heterocycles. The minimum absolute atomic E-state index is 0.0988. The highest BCUT2D eigenvalue weighted by Gasteiger charge is 2.32. The molecule has 0 aromatic heterocycles. The number of hydrogen-bond acceptors (Lipinski definition) is 1. The molecule has 98 valence electrons. The van der Waals surface area contributed by atoms with E-state index in [1.54, 1.807) is 0 Å². The number of halogens is 1. The third-order valence-corrected chi connectivity index (χ3v) is 5.09. The Hall–Kier alpha value is -1.12. The van der Waals surface area contributed by atoms with Crippen molar-refractivity contribution in [3.63, 3.8) is 0 Å². The number of hydrogen-bond donors (Lipinski definition) is 1. The van der Waals surface area contributed by atoms with Gasteiger partial charge in [-0.05, 0) is 54.2 Å². The summed E-state index contributed by atoms with van der Waals surface area (Å²) in [4.78, 5) is 0. The zero-order chi connectivity index (χ0) is 13.6. The average molecular weight is 316 g/mol. The Morgan fingerprint density at radius 1 is 1.16 bits per heavy atom. The molecule has 2 atom stereocenters. The van der Waals surface area contributed by atoms with Gasteiger partial charge in [-0.1, -0.05) is 46.3 Å². The van der Waals surface area contributed by atoms with Crippen LogP contribution >= 0.6 is 15.9 Å². The topological polar surface area (TPSA) is 26.0 Å². The van der Waals surface area contributed by atoms with Crippen molar-refractivity contribution >= 4 is 15.9 Å². The molecule has 2 aromatic rings. The van der Waals surface area contributed by atoms with Crippen LogP contribution in [0.15, 0.2) is 40.9 Å². The molecule has 0 heterocycles. The van der Waals surface area contributed by atoms with E-state index >= 15 is 0 Å². The summed E-state index contributed by atoms with van der Waals surface area (Å²) < 4.78 is 1.16. The summed E-state index contributed by atoms with van der Waals surface area (Å²) in [5.41, 5.74) is 13.2. The van der Waals surface area contributed by atoms with Crippen LogP contribution < -0.4 is 5.73 Å². The Labute approximate surface area is 123 Å². The fourth-order valence-corrected chi connectivity index (χ4v) is 3.46. The summed E-state index contributed by atoms with van der Waals surface area (Å²) in [6.07, 6.45) is 1.10. The van der Waals surface area contributed by atoms with Gasteiger partial charge in [0.25, 0.3) is 0 Å². The molecule has 19 heavy (non-hydrogen) atoms.